The van der Waals surface area contributed by atoms with Gasteiger partial charge in [-0.15, -0.1) is 0 Å². The number of rotatable bonds is 7. The van der Waals surface area contributed by atoms with E-state index in [9.17, 15) is 14.7 Å². The molecule has 0 aromatic carbocycles. The Morgan fingerprint density at radius 1 is 1.59 bits per heavy atom. The summed E-state index contributed by atoms with van der Waals surface area (Å²) in [6.07, 6.45) is 4.01. The van der Waals surface area contributed by atoms with Crippen molar-refractivity contribution in [2.45, 2.75) is 25.3 Å². The van der Waals surface area contributed by atoms with E-state index in [4.69, 9.17) is 0 Å². The molecule has 0 aliphatic rings. The summed E-state index contributed by atoms with van der Waals surface area (Å²) in [6, 6.07) is -1.03. The highest BCUT2D eigenvalue weighted by molar-refractivity contribution is 5.82. The van der Waals surface area contributed by atoms with Gasteiger partial charge in [-0.25, -0.2) is 4.98 Å². The van der Waals surface area contributed by atoms with Gasteiger partial charge in [0.15, 0.2) is 0 Å². The van der Waals surface area contributed by atoms with Crippen molar-refractivity contribution in [1.82, 2.24) is 15.3 Å². The Bertz CT molecular complexity index is 364. The van der Waals surface area contributed by atoms with Gasteiger partial charge < -0.3 is 25.9 Å². The lowest BCUT2D eigenvalue weighted by Gasteiger charge is -2.18. The van der Waals surface area contributed by atoms with E-state index in [0.29, 0.717) is 18.7 Å². The Morgan fingerprint density at radius 2 is 2.35 bits per heavy atom. The lowest BCUT2D eigenvalue weighted by molar-refractivity contribution is -0.368. The van der Waals surface area contributed by atoms with E-state index in [0.717, 1.165) is 0 Å². The first kappa shape index (κ1) is 13.2. The highest BCUT2D eigenvalue weighted by Crippen LogP contribution is 1.98. The molecule has 0 fully saturated rings. The number of aliphatic carboxylic acids is 1. The monoisotopic (exact) mass is 240 g/mol. The first-order valence-electron chi connectivity index (χ1n) is 5.40. The molecule has 0 spiro atoms. The van der Waals surface area contributed by atoms with Crippen LogP contribution < -0.4 is 16.2 Å². The first-order chi connectivity index (χ1) is 8.13. The summed E-state index contributed by atoms with van der Waals surface area (Å²) in [7, 11) is 0. The number of aromatic nitrogens is 2. The highest BCUT2D eigenvalue weighted by atomic mass is 16.4. The average molecular weight is 240 g/mol. The zero-order valence-corrected chi connectivity index (χ0v) is 9.44. The van der Waals surface area contributed by atoms with Gasteiger partial charge in [0.1, 0.15) is 0 Å². The average Bonchev–Trinajstić information content (AvgIpc) is 2.78. The number of aromatic amines is 1. The molecule has 0 saturated carbocycles. The highest BCUT2D eigenvalue weighted by Gasteiger charge is 2.14. The Morgan fingerprint density at radius 3 is 2.88 bits per heavy atom. The summed E-state index contributed by atoms with van der Waals surface area (Å²) in [5.74, 6) is -1.61. The minimum absolute atomic E-state index is 0.137. The van der Waals surface area contributed by atoms with Gasteiger partial charge in [0, 0.05) is 31.2 Å². The molecule has 0 radical (unpaired) electrons. The van der Waals surface area contributed by atoms with Crippen molar-refractivity contribution in [2.24, 2.45) is 0 Å². The number of quaternary nitrogens is 1. The second-order valence-corrected chi connectivity index (χ2v) is 3.68. The van der Waals surface area contributed by atoms with Crippen molar-refractivity contribution in [3.8, 4) is 0 Å². The summed E-state index contributed by atoms with van der Waals surface area (Å²) in [6.45, 7) is 0.643. The Labute approximate surface area is 98.4 Å². The van der Waals surface area contributed by atoms with Gasteiger partial charge in [0.05, 0.1) is 24.9 Å². The molecule has 5 N–H and O–H groups in total. The predicted molar refractivity (Wildman–Crippen MR) is 56.2 cm³/mol. The van der Waals surface area contributed by atoms with E-state index < -0.39 is 12.0 Å². The van der Waals surface area contributed by atoms with Crippen LogP contribution >= 0.6 is 0 Å². The van der Waals surface area contributed by atoms with Crippen molar-refractivity contribution >= 4 is 11.9 Å². The molecular formula is C10H16N4O3. The number of carboxylic acid groups (broad SMARTS) is 1. The fourth-order valence-electron chi connectivity index (χ4n) is 1.36. The summed E-state index contributed by atoms with van der Waals surface area (Å²) >= 11 is 0. The number of amides is 1. The molecule has 7 nitrogen and oxygen atoms in total. The third-order valence-corrected chi connectivity index (χ3v) is 2.25. The van der Waals surface area contributed by atoms with Crippen LogP contribution in [-0.4, -0.2) is 34.4 Å². The quantitative estimate of drug-likeness (QED) is 0.476. The molecular weight excluding hydrogens is 224 g/mol. The fourth-order valence-corrected chi connectivity index (χ4v) is 1.36. The smallest absolute Gasteiger partial charge is 0.220 e. The Hall–Kier alpha value is -1.89. The van der Waals surface area contributed by atoms with E-state index in [1.807, 2.05) is 0 Å². The van der Waals surface area contributed by atoms with Crippen LogP contribution in [0.15, 0.2) is 12.5 Å². The standard InChI is InChI=1S/C10H16N4O3/c11-3-1-2-9(15)14-8(10(16)17)4-7-5-12-6-13-7/h5-6,8H,1-4,11H2,(H,12,13)(H,14,15)(H,16,17). The third-order valence-electron chi connectivity index (χ3n) is 2.25. The van der Waals surface area contributed by atoms with Crippen LogP contribution in [0.3, 0.4) is 0 Å². The predicted octanol–water partition coefficient (Wildman–Crippen LogP) is -2.79. The maximum Gasteiger partial charge on any atom is 0.220 e. The van der Waals surface area contributed by atoms with Gasteiger partial charge in [-0.1, -0.05) is 0 Å². The van der Waals surface area contributed by atoms with Crippen molar-refractivity contribution in [2.75, 3.05) is 6.54 Å². The number of carbonyl (C=O) groups is 2. The maximum absolute atomic E-state index is 11.4. The van der Waals surface area contributed by atoms with Crippen molar-refractivity contribution in [1.29, 1.82) is 0 Å². The summed E-state index contributed by atoms with van der Waals surface area (Å²) < 4.78 is 0. The summed E-state index contributed by atoms with van der Waals surface area (Å²) in [5, 5.41) is 13.3. The van der Waals surface area contributed by atoms with Gasteiger partial charge in [0.25, 0.3) is 0 Å². The zero-order valence-electron chi connectivity index (χ0n) is 9.44. The number of imidazole rings is 1. The SMILES string of the molecule is [NH3+]CCCC(=O)NC(Cc1cnc[nH]1)C(=O)[O-]. The minimum Gasteiger partial charge on any atom is -0.548 e. The van der Waals surface area contributed by atoms with E-state index in [1.54, 1.807) is 0 Å². The van der Waals surface area contributed by atoms with Crippen molar-refractivity contribution in [3.05, 3.63) is 18.2 Å². The minimum atomic E-state index is -1.30. The molecule has 1 rings (SSSR count). The largest absolute Gasteiger partial charge is 0.548 e. The molecule has 1 heterocycles. The van der Waals surface area contributed by atoms with Crippen LogP contribution in [0.5, 0.6) is 0 Å². The number of carbonyl (C=O) groups excluding carboxylic acids is 2. The summed E-state index contributed by atoms with van der Waals surface area (Å²) in [5.41, 5.74) is 4.25. The second-order valence-electron chi connectivity index (χ2n) is 3.68. The normalized spacial score (nSPS) is 12.1. The summed E-state index contributed by atoms with van der Waals surface area (Å²) in [4.78, 5) is 28.8. The van der Waals surface area contributed by atoms with Gasteiger partial charge in [-0.3, -0.25) is 4.79 Å². The maximum atomic E-state index is 11.4. The Kier molecular flexibility index (Phi) is 5.15. The second kappa shape index (κ2) is 6.64. The molecule has 0 aliphatic carbocycles. The lowest BCUT2D eigenvalue weighted by atomic mass is 10.1. The molecule has 1 amide bonds. The van der Waals surface area contributed by atoms with E-state index in [2.05, 4.69) is 21.0 Å². The lowest BCUT2D eigenvalue weighted by Crippen LogP contribution is -2.51. The van der Waals surface area contributed by atoms with Crippen LogP contribution in [0.2, 0.25) is 0 Å². The number of hydrogen-bond donors (Lipinski definition) is 3. The molecule has 1 atom stereocenters. The molecule has 94 valence electrons. The first-order valence-corrected chi connectivity index (χ1v) is 5.40. The van der Waals surface area contributed by atoms with Gasteiger partial charge in [-0.2, -0.15) is 0 Å². The van der Waals surface area contributed by atoms with Crippen LogP contribution in [0.25, 0.3) is 0 Å². The molecule has 0 bridgehead atoms. The number of nitrogens with zero attached hydrogens (tertiary/aromatic N) is 1. The number of carboxylic acids is 1. The molecule has 0 saturated heterocycles. The van der Waals surface area contributed by atoms with E-state index >= 15 is 0 Å². The number of hydrogen-bond acceptors (Lipinski definition) is 4. The van der Waals surface area contributed by atoms with E-state index in [1.165, 1.54) is 12.5 Å². The van der Waals surface area contributed by atoms with Crippen LogP contribution in [0, 0.1) is 0 Å². The number of H-pyrrole nitrogens is 1. The molecule has 0 aliphatic heterocycles. The van der Waals surface area contributed by atoms with Crippen molar-refractivity contribution in [3.63, 3.8) is 0 Å². The van der Waals surface area contributed by atoms with Gasteiger partial charge >= 0.3 is 0 Å². The zero-order chi connectivity index (χ0) is 12.7. The molecule has 1 unspecified atom stereocenters. The number of nitrogens with one attached hydrogen (secondary N) is 2. The molecule has 17 heavy (non-hydrogen) atoms. The van der Waals surface area contributed by atoms with E-state index in [-0.39, 0.29) is 18.7 Å². The fraction of sp³-hybridized carbons (Fsp3) is 0.500. The van der Waals surface area contributed by atoms with Gasteiger partial charge in [-0.05, 0) is 0 Å². The van der Waals surface area contributed by atoms with Crippen molar-refractivity contribution < 1.29 is 20.4 Å². The molecule has 1 aromatic heterocycles. The van der Waals surface area contributed by atoms with Crippen LogP contribution in [-0.2, 0) is 16.0 Å². The third kappa shape index (κ3) is 4.64. The molecule has 1 aromatic rings. The van der Waals surface area contributed by atoms with Crippen LogP contribution in [0.4, 0.5) is 0 Å². The molecule has 7 heteroatoms. The van der Waals surface area contributed by atoms with Gasteiger partial charge in [0.2, 0.25) is 5.91 Å². The topological polar surface area (TPSA) is 126 Å². The van der Waals surface area contributed by atoms with Crippen LogP contribution in [0.1, 0.15) is 18.5 Å². The Balaban J connectivity index is 2.49.